The van der Waals surface area contributed by atoms with Crippen molar-refractivity contribution in [3.05, 3.63) is 53.3 Å². The van der Waals surface area contributed by atoms with E-state index in [1.807, 2.05) is 6.92 Å². The van der Waals surface area contributed by atoms with E-state index >= 15 is 0 Å². The van der Waals surface area contributed by atoms with Crippen molar-refractivity contribution in [1.82, 2.24) is 0 Å². The number of hydrogen-bond donors (Lipinski definition) is 0. The summed E-state index contributed by atoms with van der Waals surface area (Å²) in [6, 6.07) is 8.12. The van der Waals surface area contributed by atoms with Gasteiger partial charge in [0.1, 0.15) is 11.6 Å². The SMILES string of the molecule is C/C=C/C1CCC(C(=O)Oc2ccc3c(F)c(Cl)ccc3c2)CC1. The summed E-state index contributed by atoms with van der Waals surface area (Å²) in [5, 5.41) is 1.18. The molecule has 2 aromatic rings. The second-order valence-corrected chi connectivity index (χ2v) is 6.71. The van der Waals surface area contributed by atoms with E-state index in [-0.39, 0.29) is 16.9 Å². The van der Waals surface area contributed by atoms with Crippen LogP contribution in [0.3, 0.4) is 0 Å². The van der Waals surface area contributed by atoms with Gasteiger partial charge in [0.2, 0.25) is 0 Å². The summed E-state index contributed by atoms with van der Waals surface area (Å²) >= 11 is 5.78. The highest BCUT2D eigenvalue weighted by molar-refractivity contribution is 6.31. The first-order chi connectivity index (χ1) is 11.6. The van der Waals surface area contributed by atoms with E-state index in [1.165, 1.54) is 6.07 Å². The summed E-state index contributed by atoms with van der Waals surface area (Å²) in [7, 11) is 0. The van der Waals surface area contributed by atoms with Gasteiger partial charge in [-0.2, -0.15) is 0 Å². The first-order valence-corrected chi connectivity index (χ1v) is 8.68. The lowest BCUT2D eigenvalue weighted by molar-refractivity contribution is -0.140. The highest BCUT2D eigenvalue weighted by Gasteiger charge is 2.26. The average Bonchev–Trinajstić information content (AvgIpc) is 2.59. The number of hydrogen-bond acceptors (Lipinski definition) is 2. The Hall–Kier alpha value is -1.87. The maximum absolute atomic E-state index is 13.9. The fourth-order valence-electron chi connectivity index (χ4n) is 3.33. The van der Waals surface area contributed by atoms with Crippen molar-refractivity contribution in [1.29, 1.82) is 0 Å². The highest BCUT2D eigenvalue weighted by Crippen LogP contribution is 2.32. The van der Waals surface area contributed by atoms with Gasteiger partial charge in [-0.25, -0.2) is 4.39 Å². The second kappa shape index (κ2) is 7.35. The minimum atomic E-state index is -0.450. The number of carbonyl (C=O) groups is 1. The van der Waals surface area contributed by atoms with Gasteiger partial charge in [-0.15, -0.1) is 0 Å². The molecule has 0 spiro atoms. The molecule has 1 saturated carbocycles. The molecule has 1 aliphatic carbocycles. The summed E-state index contributed by atoms with van der Waals surface area (Å²) in [5.41, 5.74) is 0. The normalized spacial score (nSPS) is 21.3. The van der Waals surface area contributed by atoms with E-state index in [2.05, 4.69) is 12.2 Å². The third-order valence-electron chi connectivity index (χ3n) is 4.67. The van der Waals surface area contributed by atoms with Gasteiger partial charge in [0.15, 0.2) is 0 Å². The van der Waals surface area contributed by atoms with Crippen LogP contribution in [0, 0.1) is 17.7 Å². The van der Waals surface area contributed by atoms with Crippen LogP contribution in [-0.4, -0.2) is 5.97 Å². The minimum Gasteiger partial charge on any atom is -0.426 e. The molecule has 4 heteroatoms. The van der Waals surface area contributed by atoms with E-state index in [0.717, 1.165) is 25.7 Å². The lowest BCUT2D eigenvalue weighted by Crippen LogP contribution is -2.25. The standard InChI is InChI=1S/C20H20ClFO2/c1-2-3-13-4-6-14(7-5-13)20(23)24-16-9-10-17-15(12-16)8-11-18(21)19(17)22/h2-3,8-14H,4-7H2,1H3/b3-2+. The van der Waals surface area contributed by atoms with Gasteiger partial charge in [-0.1, -0.05) is 29.8 Å². The largest absolute Gasteiger partial charge is 0.426 e. The van der Waals surface area contributed by atoms with Crippen LogP contribution >= 0.6 is 11.6 Å². The lowest BCUT2D eigenvalue weighted by atomic mass is 9.82. The molecule has 2 aromatic carbocycles. The Morgan fingerprint density at radius 1 is 1.21 bits per heavy atom. The maximum atomic E-state index is 13.9. The average molecular weight is 347 g/mol. The Morgan fingerprint density at radius 2 is 1.96 bits per heavy atom. The second-order valence-electron chi connectivity index (χ2n) is 6.30. The van der Waals surface area contributed by atoms with Crippen LogP contribution in [-0.2, 0) is 4.79 Å². The topological polar surface area (TPSA) is 26.3 Å². The molecular weight excluding hydrogens is 327 g/mol. The lowest BCUT2D eigenvalue weighted by Gasteiger charge is -2.25. The highest BCUT2D eigenvalue weighted by atomic mass is 35.5. The van der Waals surface area contributed by atoms with E-state index < -0.39 is 5.82 Å². The fourth-order valence-corrected chi connectivity index (χ4v) is 3.49. The molecule has 0 saturated heterocycles. The Bertz CT molecular complexity index is 777. The van der Waals surface area contributed by atoms with Crippen LogP contribution in [0.1, 0.15) is 32.6 Å². The quantitative estimate of drug-likeness (QED) is 0.391. The number of halogens is 2. The minimum absolute atomic E-state index is 0.0517. The molecule has 0 amide bonds. The van der Waals surface area contributed by atoms with Crippen molar-refractivity contribution in [2.24, 2.45) is 11.8 Å². The maximum Gasteiger partial charge on any atom is 0.314 e. The number of ether oxygens (including phenoxy) is 1. The molecule has 0 aromatic heterocycles. The summed E-state index contributed by atoms with van der Waals surface area (Å²) < 4.78 is 19.5. The zero-order valence-corrected chi connectivity index (χ0v) is 14.4. The van der Waals surface area contributed by atoms with Crippen LogP contribution < -0.4 is 4.74 Å². The monoisotopic (exact) mass is 346 g/mol. The molecule has 2 nitrogen and oxygen atoms in total. The van der Waals surface area contributed by atoms with Crippen molar-refractivity contribution < 1.29 is 13.9 Å². The Balaban J connectivity index is 1.69. The molecule has 0 atom stereocenters. The Labute approximate surface area is 146 Å². The van der Waals surface area contributed by atoms with Gasteiger partial charge in [-0.05, 0) is 68.2 Å². The number of benzene rings is 2. The molecule has 24 heavy (non-hydrogen) atoms. The zero-order valence-electron chi connectivity index (χ0n) is 13.6. The number of fused-ring (bicyclic) bond motifs is 1. The first-order valence-electron chi connectivity index (χ1n) is 8.30. The molecule has 0 unspecified atom stereocenters. The summed E-state index contributed by atoms with van der Waals surface area (Å²) in [4.78, 5) is 12.4. The van der Waals surface area contributed by atoms with Crippen LogP contribution in [0.5, 0.6) is 5.75 Å². The number of rotatable bonds is 3. The summed E-state index contributed by atoms with van der Waals surface area (Å²) in [6.45, 7) is 2.02. The molecule has 0 radical (unpaired) electrons. The molecule has 1 aliphatic rings. The van der Waals surface area contributed by atoms with Gasteiger partial charge in [0.05, 0.1) is 10.9 Å². The predicted molar refractivity (Wildman–Crippen MR) is 94.8 cm³/mol. The van der Waals surface area contributed by atoms with Gasteiger partial charge in [0.25, 0.3) is 0 Å². The molecule has 126 valence electrons. The van der Waals surface area contributed by atoms with Crippen molar-refractivity contribution in [3.8, 4) is 5.75 Å². The molecule has 3 rings (SSSR count). The van der Waals surface area contributed by atoms with Crippen LogP contribution in [0.15, 0.2) is 42.5 Å². The predicted octanol–water partition coefficient (Wildman–Crippen LogP) is 5.92. The van der Waals surface area contributed by atoms with Crippen LogP contribution in [0.2, 0.25) is 5.02 Å². The molecule has 0 bridgehead atoms. The molecular formula is C20H20ClFO2. The molecule has 0 aliphatic heterocycles. The Morgan fingerprint density at radius 3 is 2.67 bits per heavy atom. The van der Waals surface area contributed by atoms with Crippen molar-refractivity contribution >= 4 is 28.3 Å². The third-order valence-corrected chi connectivity index (χ3v) is 4.96. The van der Waals surface area contributed by atoms with Gasteiger partial charge in [0, 0.05) is 5.39 Å². The van der Waals surface area contributed by atoms with Crippen molar-refractivity contribution in [3.63, 3.8) is 0 Å². The summed E-state index contributed by atoms with van der Waals surface area (Å²) in [5.74, 6) is 0.332. The molecule has 0 N–H and O–H groups in total. The van der Waals surface area contributed by atoms with E-state index in [9.17, 15) is 9.18 Å². The summed E-state index contributed by atoms with van der Waals surface area (Å²) in [6.07, 6.45) is 8.03. The van der Waals surface area contributed by atoms with E-state index in [1.54, 1.807) is 24.3 Å². The van der Waals surface area contributed by atoms with Gasteiger partial charge < -0.3 is 4.74 Å². The third kappa shape index (κ3) is 3.62. The van der Waals surface area contributed by atoms with Gasteiger partial charge in [-0.3, -0.25) is 4.79 Å². The first kappa shape index (κ1) is 17.0. The fraction of sp³-hybridized carbons (Fsp3) is 0.350. The smallest absolute Gasteiger partial charge is 0.314 e. The number of esters is 1. The van der Waals surface area contributed by atoms with Crippen molar-refractivity contribution in [2.45, 2.75) is 32.6 Å². The van der Waals surface area contributed by atoms with Crippen LogP contribution in [0.25, 0.3) is 10.8 Å². The zero-order chi connectivity index (χ0) is 17.1. The molecule has 0 heterocycles. The van der Waals surface area contributed by atoms with Crippen molar-refractivity contribution in [2.75, 3.05) is 0 Å². The van der Waals surface area contributed by atoms with E-state index in [4.69, 9.17) is 16.3 Å². The van der Waals surface area contributed by atoms with E-state index in [0.29, 0.717) is 22.4 Å². The number of allylic oxidation sites excluding steroid dienone is 2. The van der Waals surface area contributed by atoms with Crippen LogP contribution in [0.4, 0.5) is 4.39 Å². The number of carbonyl (C=O) groups excluding carboxylic acids is 1. The van der Waals surface area contributed by atoms with Gasteiger partial charge >= 0.3 is 5.97 Å². The molecule has 1 fully saturated rings. The Kier molecular flexibility index (Phi) is 5.20.